The molecule has 33 heavy (non-hydrogen) atoms. The molecule has 1 fully saturated rings. The smallest absolute Gasteiger partial charge is 0.251 e. The van der Waals surface area contributed by atoms with Crippen molar-refractivity contribution in [1.82, 2.24) is 14.8 Å². The Bertz CT molecular complexity index is 1080. The topological polar surface area (TPSA) is 37.3 Å². The van der Waals surface area contributed by atoms with Crippen molar-refractivity contribution in [3.05, 3.63) is 65.4 Å². The molecule has 0 spiro atoms. The molecule has 3 aromatic rings. The molecule has 1 aliphatic heterocycles. The second-order valence-corrected chi connectivity index (χ2v) is 10.9. The first-order valence-electron chi connectivity index (χ1n) is 12.3. The number of hydrogen-bond donors (Lipinski definition) is 1. The molecule has 1 N–H and O–H groups in total. The summed E-state index contributed by atoms with van der Waals surface area (Å²) in [5.74, 6) is 1.88. The second kappa shape index (κ2) is 10.8. The maximum Gasteiger partial charge on any atom is 0.251 e. The van der Waals surface area contributed by atoms with E-state index < -0.39 is 0 Å². The minimum Gasteiger partial charge on any atom is -0.348 e. The number of rotatable bonds is 8. The quantitative estimate of drug-likeness (QED) is 0.388. The fraction of sp³-hybridized carbons (Fsp3) is 0.464. The lowest BCUT2D eigenvalue weighted by molar-refractivity contribution is 0.0951. The summed E-state index contributed by atoms with van der Waals surface area (Å²) < 4.78 is 2.44. The highest BCUT2D eigenvalue weighted by Gasteiger charge is 2.19. The Morgan fingerprint density at radius 3 is 2.48 bits per heavy atom. The molecule has 1 amide bonds. The molecule has 0 bridgehead atoms. The van der Waals surface area contributed by atoms with Crippen LogP contribution in [0.2, 0.25) is 0 Å². The molecule has 1 saturated heterocycles. The number of amides is 1. The Hall–Kier alpha value is -2.24. The fourth-order valence-corrected chi connectivity index (χ4v) is 5.43. The van der Waals surface area contributed by atoms with Crippen LogP contribution in [0.1, 0.15) is 68.2 Å². The lowest BCUT2D eigenvalue weighted by Gasteiger charge is -2.30. The molecule has 5 heteroatoms. The van der Waals surface area contributed by atoms with Crippen LogP contribution in [0.15, 0.2) is 53.4 Å². The number of nitrogens with one attached hydrogen (secondary N) is 1. The van der Waals surface area contributed by atoms with Crippen LogP contribution in [0, 0.1) is 5.92 Å². The number of carbonyl (C=O) groups is 1. The van der Waals surface area contributed by atoms with E-state index in [0.29, 0.717) is 12.6 Å². The van der Waals surface area contributed by atoms with Gasteiger partial charge in [0.15, 0.2) is 0 Å². The Morgan fingerprint density at radius 1 is 1.09 bits per heavy atom. The molecule has 1 aromatic heterocycles. The molecule has 2 aromatic carbocycles. The van der Waals surface area contributed by atoms with Gasteiger partial charge < -0.3 is 9.88 Å². The molecular formula is C28H37N3OS. The van der Waals surface area contributed by atoms with E-state index in [2.05, 4.69) is 78.9 Å². The number of piperidine rings is 1. The molecule has 4 nitrogen and oxygen atoms in total. The van der Waals surface area contributed by atoms with Gasteiger partial charge >= 0.3 is 0 Å². The third-order valence-electron chi connectivity index (χ3n) is 6.65. The van der Waals surface area contributed by atoms with E-state index in [1.165, 1.54) is 42.0 Å². The molecule has 2 heterocycles. The number of aromatic nitrogens is 1. The highest BCUT2D eigenvalue weighted by atomic mass is 32.2. The zero-order valence-corrected chi connectivity index (χ0v) is 21.3. The zero-order valence-electron chi connectivity index (χ0n) is 20.4. The second-order valence-electron chi connectivity index (χ2n) is 9.59. The number of benzene rings is 2. The maximum atomic E-state index is 12.9. The predicted molar refractivity (Wildman–Crippen MR) is 140 cm³/mol. The Balaban J connectivity index is 1.47. The Morgan fingerprint density at radius 2 is 1.82 bits per heavy atom. The average molecular weight is 464 g/mol. The molecule has 0 radical (unpaired) electrons. The van der Waals surface area contributed by atoms with E-state index in [1.54, 1.807) is 0 Å². The van der Waals surface area contributed by atoms with Crippen LogP contribution in [0.25, 0.3) is 10.9 Å². The van der Waals surface area contributed by atoms with Crippen LogP contribution in [0.5, 0.6) is 0 Å². The summed E-state index contributed by atoms with van der Waals surface area (Å²) in [6, 6.07) is 17.2. The number of thioether (sulfide) groups is 1. The van der Waals surface area contributed by atoms with Crippen molar-refractivity contribution in [2.24, 2.45) is 5.92 Å². The zero-order chi connectivity index (χ0) is 23.4. The van der Waals surface area contributed by atoms with Gasteiger partial charge in [-0.3, -0.25) is 9.69 Å². The van der Waals surface area contributed by atoms with Crippen molar-refractivity contribution < 1.29 is 4.79 Å². The van der Waals surface area contributed by atoms with Crippen LogP contribution in [-0.4, -0.2) is 34.2 Å². The van der Waals surface area contributed by atoms with Gasteiger partial charge in [-0.25, -0.2) is 0 Å². The van der Waals surface area contributed by atoms with Crippen LogP contribution in [-0.2, 0) is 13.1 Å². The van der Waals surface area contributed by atoms with Crippen LogP contribution >= 0.6 is 11.8 Å². The highest BCUT2D eigenvalue weighted by molar-refractivity contribution is 7.99. The number of fused-ring (bicyclic) bond motifs is 1. The van der Waals surface area contributed by atoms with Gasteiger partial charge in [0.2, 0.25) is 0 Å². The summed E-state index contributed by atoms with van der Waals surface area (Å²) in [4.78, 5) is 16.7. The van der Waals surface area contributed by atoms with Crippen LogP contribution < -0.4 is 5.32 Å². The fourth-order valence-electron chi connectivity index (χ4n) is 4.77. The minimum absolute atomic E-state index is 0.0206. The first-order valence-corrected chi connectivity index (χ1v) is 13.3. The SMILES string of the molecule is CCSc1ccc(CNC(=O)c2ccc3c(c2)cc(CN2CCC(C)CC2)n3C(C)C)cc1. The molecule has 0 saturated carbocycles. The van der Waals surface area contributed by atoms with Crippen LogP contribution in [0.4, 0.5) is 0 Å². The van der Waals surface area contributed by atoms with E-state index in [1.807, 2.05) is 23.9 Å². The number of carbonyl (C=O) groups excluding carboxylic acids is 1. The van der Waals surface area contributed by atoms with Gasteiger partial charge in [0.1, 0.15) is 0 Å². The number of hydrogen-bond acceptors (Lipinski definition) is 3. The van der Waals surface area contributed by atoms with E-state index in [0.717, 1.165) is 34.7 Å². The van der Waals surface area contributed by atoms with Crippen molar-refractivity contribution in [3.8, 4) is 0 Å². The van der Waals surface area contributed by atoms with Crippen molar-refractivity contribution in [3.63, 3.8) is 0 Å². The van der Waals surface area contributed by atoms with Crippen molar-refractivity contribution in [1.29, 1.82) is 0 Å². The summed E-state index contributed by atoms with van der Waals surface area (Å²) in [5.41, 5.74) is 4.40. The Kier molecular flexibility index (Phi) is 7.82. The van der Waals surface area contributed by atoms with Gasteiger partial charge in [-0.1, -0.05) is 26.0 Å². The van der Waals surface area contributed by atoms with Gasteiger partial charge in [-0.15, -0.1) is 11.8 Å². The van der Waals surface area contributed by atoms with Crippen molar-refractivity contribution in [2.75, 3.05) is 18.8 Å². The summed E-state index contributed by atoms with van der Waals surface area (Å²) in [5, 5.41) is 4.24. The Labute approximate surface area is 202 Å². The summed E-state index contributed by atoms with van der Waals surface area (Å²) in [6.45, 7) is 12.9. The van der Waals surface area contributed by atoms with Crippen molar-refractivity contribution in [2.45, 2.75) is 64.6 Å². The van der Waals surface area contributed by atoms with E-state index in [4.69, 9.17) is 0 Å². The van der Waals surface area contributed by atoms with Gasteiger partial charge in [0.05, 0.1) is 0 Å². The largest absolute Gasteiger partial charge is 0.348 e. The first kappa shape index (κ1) is 23.9. The van der Waals surface area contributed by atoms with Gasteiger partial charge in [-0.05, 0) is 93.4 Å². The lowest BCUT2D eigenvalue weighted by Crippen LogP contribution is -2.33. The standard InChI is InChI=1S/C28H37N3OS/c1-5-33-26-9-6-22(7-10-26)18-29-28(32)23-8-11-27-24(16-23)17-25(31(27)20(2)3)19-30-14-12-21(4)13-15-30/h6-11,16-17,20-21H,5,12-15,18-19H2,1-4H3,(H,29,32). The van der Waals surface area contributed by atoms with Gasteiger partial charge in [0, 0.05) is 46.2 Å². The third-order valence-corrected chi connectivity index (χ3v) is 7.54. The summed E-state index contributed by atoms with van der Waals surface area (Å²) in [6.07, 6.45) is 2.57. The molecule has 0 atom stereocenters. The summed E-state index contributed by atoms with van der Waals surface area (Å²) >= 11 is 1.83. The monoisotopic (exact) mass is 463 g/mol. The van der Waals surface area contributed by atoms with Crippen LogP contribution in [0.3, 0.4) is 0 Å². The summed E-state index contributed by atoms with van der Waals surface area (Å²) in [7, 11) is 0. The molecular weight excluding hydrogens is 426 g/mol. The molecule has 1 aliphatic rings. The molecule has 176 valence electrons. The highest BCUT2D eigenvalue weighted by Crippen LogP contribution is 2.28. The predicted octanol–water partition coefficient (Wildman–Crippen LogP) is 6.50. The van der Waals surface area contributed by atoms with Crippen molar-refractivity contribution >= 4 is 28.6 Å². The normalized spacial score (nSPS) is 15.4. The number of likely N-dealkylation sites (tertiary alicyclic amines) is 1. The average Bonchev–Trinajstić information content (AvgIpc) is 3.17. The molecule has 4 rings (SSSR count). The van der Waals surface area contributed by atoms with E-state index in [9.17, 15) is 4.79 Å². The first-order chi connectivity index (χ1) is 15.9. The number of nitrogens with zero attached hydrogens (tertiary/aromatic N) is 2. The van der Waals surface area contributed by atoms with Gasteiger partial charge in [-0.2, -0.15) is 0 Å². The van der Waals surface area contributed by atoms with E-state index in [-0.39, 0.29) is 5.91 Å². The van der Waals surface area contributed by atoms with E-state index >= 15 is 0 Å². The maximum absolute atomic E-state index is 12.9. The van der Waals surface area contributed by atoms with Gasteiger partial charge in [0.25, 0.3) is 5.91 Å². The third kappa shape index (κ3) is 5.82. The molecule has 0 unspecified atom stereocenters. The minimum atomic E-state index is -0.0206. The molecule has 0 aliphatic carbocycles. The lowest BCUT2D eigenvalue weighted by atomic mass is 9.99.